The van der Waals surface area contributed by atoms with Crippen LogP contribution in [0.25, 0.3) is 0 Å². The Morgan fingerprint density at radius 3 is 0.992 bits per heavy atom. The van der Waals surface area contributed by atoms with E-state index in [0.29, 0.717) is 0 Å². The molecular formula is C72H120N6O53S. The van der Waals surface area contributed by atoms with Crippen molar-refractivity contribution in [2.45, 2.75) is 355 Å². The predicted octanol–water partition coefficient (Wildman–Crippen LogP) is -21.1. The van der Waals surface area contributed by atoms with Crippen LogP contribution in [0.1, 0.15) is 48.5 Å². The van der Waals surface area contributed by atoms with Crippen LogP contribution in [-0.4, -0.2) is 537 Å². The zero-order chi connectivity index (χ0) is 97.6. The van der Waals surface area contributed by atoms with Crippen molar-refractivity contribution in [2.75, 3.05) is 59.5 Å². The van der Waals surface area contributed by atoms with E-state index in [9.17, 15) is 164 Å². The number of hydrogen-bond donors (Lipinski definition) is 31. The fraction of sp³-hybridized carbons (Fsp3) is 0.917. The molecular weight excluding hydrogens is 1830 g/mol. The standard InChI is InChI=1S/C72H120N6O53S/c1-17-39(90)52(103)54(105)69(116-17)113-15-32-59(50(101)33(63(108)117-32)73-18(2)84)127-68-38(78-23(7)89)51(102)57(27(11-82)121-68)128-70-56(107)60(129-72-62(131-66-36(76-21(5)87)48(99)42(93)26(10-81)120-66)55(106)58(28(12-83)122-72)126-67-37(77-22(6)88)49(100)43(94)31(123-67)16-115-132(109,110)111)45(96)30(124-70)14-114-71-61(130-65-35(75-20(4)86)47(98)41(92)25(9-80)119-65)53(104)44(95)29(125-71)13-112-64-34(74-19(3)85)46(97)40(91)24(8-79)118-64/h17,24-72,79-83,90-108H,8-16H2,1-7H3,(H,73,84)(H,74,85)(H,75,86)(H,76,87)(H,77,88)(H,78,89)(H,109,110,111)/t17-,24+,25+,26+,27+,28+,29+,30+,31+,32+,33+,34+,35+,36+,37+,38+,39+,40+,41+,42+,43+,44+,45+,46+,47+,48+,49+,50+,51+,52+,53-,54-,55-,56-,57+,58+,59+,60-,61-,62-,63+,64+,65-,66-,67-,68-,69+,70-,71-,72+/m0/s1. The quantitative estimate of drug-likeness (QED) is 0.0262. The Morgan fingerprint density at radius 1 is 0.250 bits per heavy atom. The molecule has 0 radical (unpaired) electrons. The van der Waals surface area contributed by atoms with Gasteiger partial charge in [0.25, 0.3) is 0 Å². The summed E-state index contributed by atoms with van der Waals surface area (Å²) in [5, 5.41) is 288. The summed E-state index contributed by atoms with van der Waals surface area (Å²) in [7, 11) is -5.37. The third-order valence-corrected chi connectivity index (χ3v) is 23.8. The Hall–Kier alpha value is -5.03. The van der Waals surface area contributed by atoms with Gasteiger partial charge in [-0.1, -0.05) is 0 Å². The third kappa shape index (κ3) is 25.6. The van der Waals surface area contributed by atoms with E-state index in [0.717, 1.165) is 41.5 Å². The topological polar surface area (TPSA) is 899 Å². The van der Waals surface area contributed by atoms with Gasteiger partial charge in [0.1, 0.15) is 238 Å². The summed E-state index contributed by atoms with van der Waals surface area (Å²) in [6.07, 6.45) is -95.2. The van der Waals surface area contributed by atoms with Crippen LogP contribution in [0.5, 0.6) is 0 Å². The monoisotopic (exact) mass is 1950 g/mol. The Morgan fingerprint density at radius 2 is 0.545 bits per heavy atom. The number of amides is 6. The Kier molecular flexibility index (Phi) is 39.0. The molecule has 0 unspecified atom stereocenters. The molecule has 10 rings (SSSR count). The van der Waals surface area contributed by atoms with Crippen molar-refractivity contribution in [3.63, 3.8) is 0 Å². The minimum absolute atomic E-state index is 0.838. The van der Waals surface area contributed by atoms with Gasteiger partial charge in [0.2, 0.25) is 35.4 Å². The molecule has 59 nitrogen and oxygen atoms in total. The minimum atomic E-state index is -5.37. The summed E-state index contributed by atoms with van der Waals surface area (Å²) in [4.78, 5) is 76.9. The lowest BCUT2D eigenvalue weighted by atomic mass is 9.93. The van der Waals surface area contributed by atoms with Crippen LogP contribution in [0.3, 0.4) is 0 Å². The Labute approximate surface area is 748 Å². The van der Waals surface area contributed by atoms with Crippen molar-refractivity contribution < 1.29 is 258 Å². The molecule has 0 aliphatic carbocycles. The number of aliphatic hydroxyl groups is 24. The summed E-state index contributed by atoms with van der Waals surface area (Å²) >= 11 is 0. The molecule has 60 heteroatoms. The second-order valence-corrected chi connectivity index (χ2v) is 34.1. The molecule has 10 saturated heterocycles. The van der Waals surface area contributed by atoms with Crippen LogP contribution in [0.4, 0.5) is 0 Å². The number of rotatable bonds is 35. The maximum Gasteiger partial charge on any atom is 0.397 e. The number of aliphatic hydroxyl groups excluding tert-OH is 24. The fourth-order valence-electron chi connectivity index (χ4n) is 16.6. The Bertz CT molecular complexity index is 3840. The molecule has 10 fully saturated rings. The molecule has 10 aliphatic heterocycles. The van der Waals surface area contributed by atoms with Gasteiger partial charge in [-0.15, -0.1) is 0 Å². The van der Waals surface area contributed by atoms with Crippen LogP contribution < -0.4 is 31.9 Å². The Balaban J connectivity index is 1.06. The highest BCUT2D eigenvalue weighted by Gasteiger charge is 2.62. The molecule has 0 saturated carbocycles. The first-order valence-corrected chi connectivity index (χ1v) is 43.0. The number of nitrogens with one attached hydrogen (secondary N) is 6. The molecule has 132 heavy (non-hydrogen) atoms. The highest BCUT2D eigenvalue weighted by atomic mass is 32.3. The predicted molar refractivity (Wildman–Crippen MR) is 408 cm³/mol. The summed E-state index contributed by atoms with van der Waals surface area (Å²) in [6, 6.07) is -11.5. The highest BCUT2D eigenvalue weighted by Crippen LogP contribution is 2.41. The van der Waals surface area contributed by atoms with E-state index in [1.165, 1.54) is 6.92 Å². The number of carbonyl (C=O) groups is 6. The van der Waals surface area contributed by atoms with Crippen LogP contribution >= 0.6 is 0 Å². The fourth-order valence-corrected chi connectivity index (χ4v) is 16.9. The molecule has 0 aromatic rings. The molecule has 31 N–H and O–H groups in total. The lowest BCUT2D eigenvalue weighted by molar-refractivity contribution is -0.403. The summed E-state index contributed by atoms with van der Waals surface area (Å²) in [6.45, 7) is -3.69. The molecule has 10 heterocycles. The molecule has 0 spiro atoms. The largest absolute Gasteiger partial charge is 0.397 e. The second kappa shape index (κ2) is 47.3. The van der Waals surface area contributed by atoms with Gasteiger partial charge in [0, 0.05) is 41.5 Å². The van der Waals surface area contributed by atoms with Crippen molar-refractivity contribution in [3.05, 3.63) is 0 Å². The minimum Gasteiger partial charge on any atom is -0.394 e. The SMILES string of the molecule is CC(=O)N[C@@H]1[C@@H](O)[C@H](O[C@@H]2O[C@H](CO)[C@@H](O[C@@H]3O[C@H](CO[C@H]4O[C@H](CO[C@@H]5O[C@H](CO)[C@@H](O)[C@H](O)[C@H]5NC(C)=O)[C@@H](O)[C@H](O)[C@@H]4O[C@@H]4O[C@H](CO)[C@@H](O)[C@H](O)[C@H]4NC(C)=O)[C@@H](O)[C@H](O[C@H]4O[C@H](CO)[C@@H](O[C@@H]5O[C@H](COS(=O)(=O)O)[C@@H](O)[C@H](O)[C@H]5NC(C)=O)[C@H](O)[C@@H]4O[C@@H]4O[C@H](CO)[C@@H](O)[C@H](O)[C@H]4NC(C)=O)[C@@H]3O)[C@H](O)[C@H]2NC(C)=O)[C@@H](CO[C@@H]2O[C@@H](C)[C@@H](O)[C@@H](O)[C@@H]2O)O[C@H]1O. The first-order valence-electron chi connectivity index (χ1n) is 41.6. The summed E-state index contributed by atoms with van der Waals surface area (Å²) < 4.78 is 152. The number of hydrogen-bond acceptors (Lipinski definition) is 52. The molecule has 0 aromatic heterocycles. The van der Waals surface area contributed by atoms with Crippen molar-refractivity contribution >= 4 is 45.8 Å². The molecule has 0 aromatic carbocycles. The van der Waals surface area contributed by atoms with Crippen molar-refractivity contribution in [1.82, 2.24) is 31.9 Å². The van der Waals surface area contributed by atoms with Gasteiger partial charge in [0.05, 0.1) is 65.6 Å². The van der Waals surface area contributed by atoms with Gasteiger partial charge >= 0.3 is 10.4 Å². The number of carbonyl (C=O) groups excluding carboxylic acids is 6. The van der Waals surface area contributed by atoms with E-state index in [1.54, 1.807) is 0 Å². The number of ether oxygens (including phenoxy) is 19. The molecule has 762 valence electrons. The van der Waals surface area contributed by atoms with Crippen LogP contribution in [-0.2, 0) is 133 Å². The van der Waals surface area contributed by atoms with E-state index in [4.69, 9.17) is 90.0 Å². The van der Waals surface area contributed by atoms with Gasteiger partial charge in [0.15, 0.2) is 62.9 Å². The zero-order valence-electron chi connectivity index (χ0n) is 71.3. The lowest BCUT2D eigenvalue weighted by Gasteiger charge is -2.52. The van der Waals surface area contributed by atoms with Crippen LogP contribution in [0.2, 0.25) is 0 Å². The first-order chi connectivity index (χ1) is 62.1. The summed E-state index contributed by atoms with van der Waals surface area (Å²) in [5.41, 5.74) is 0. The van der Waals surface area contributed by atoms with E-state index >= 15 is 0 Å². The first kappa shape index (κ1) is 109. The summed E-state index contributed by atoms with van der Waals surface area (Å²) in [5.74, 6) is -5.67. The van der Waals surface area contributed by atoms with Gasteiger partial charge in [-0.2, -0.15) is 8.42 Å². The van der Waals surface area contributed by atoms with Gasteiger partial charge in [-0.05, 0) is 6.92 Å². The average molecular weight is 1950 g/mol. The maximum absolute atomic E-state index is 13.4. The molecule has 6 amide bonds. The maximum atomic E-state index is 13.4. The van der Waals surface area contributed by atoms with Crippen molar-refractivity contribution in [2.24, 2.45) is 0 Å². The lowest BCUT2D eigenvalue weighted by Crippen LogP contribution is -2.71. The van der Waals surface area contributed by atoms with Gasteiger partial charge in [-0.25, -0.2) is 4.18 Å². The van der Waals surface area contributed by atoms with Gasteiger partial charge < -0.3 is 244 Å². The van der Waals surface area contributed by atoms with E-state index < -0.39 is 412 Å². The average Bonchev–Trinajstić information content (AvgIpc) is 0.747. The van der Waals surface area contributed by atoms with Crippen molar-refractivity contribution in [1.29, 1.82) is 0 Å². The van der Waals surface area contributed by atoms with E-state index in [-0.39, 0.29) is 0 Å². The smallest absolute Gasteiger partial charge is 0.394 e. The molecule has 10 aliphatic rings. The third-order valence-electron chi connectivity index (χ3n) is 23.4. The van der Waals surface area contributed by atoms with E-state index in [2.05, 4.69) is 36.1 Å². The van der Waals surface area contributed by atoms with Gasteiger partial charge in [-0.3, -0.25) is 33.3 Å². The normalized spacial score (nSPS) is 46.8. The van der Waals surface area contributed by atoms with E-state index in [1.807, 2.05) is 0 Å². The highest BCUT2D eigenvalue weighted by molar-refractivity contribution is 7.80. The van der Waals surface area contributed by atoms with Crippen LogP contribution in [0.15, 0.2) is 0 Å². The van der Waals surface area contributed by atoms with Crippen LogP contribution in [0, 0.1) is 0 Å². The molecule has 0 bridgehead atoms. The molecule has 50 atom stereocenters. The van der Waals surface area contributed by atoms with Crippen molar-refractivity contribution in [3.8, 4) is 0 Å². The zero-order valence-corrected chi connectivity index (χ0v) is 72.1. The second-order valence-electron chi connectivity index (χ2n) is 33.0.